The summed E-state index contributed by atoms with van der Waals surface area (Å²) in [5, 5.41) is 7.22. The van der Waals surface area contributed by atoms with E-state index in [1.165, 1.54) is 0 Å². The van der Waals surface area contributed by atoms with E-state index in [0.717, 1.165) is 11.1 Å². The number of ether oxygens (including phenoxy) is 1. The third-order valence-corrected chi connectivity index (χ3v) is 1.86. The van der Waals surface area contributed by atoms with Crippen LogP contribution in [0.4, 0.5) is 0 Å². The summed E-state index contributed by atoms with van der Waals surface area (Å²) >= 11 is 0. The molecule has 0 atom stereocenters. The minimum Gasteiger partial charge on any atom is -0.373 e. The summed E-state index contributed by atoms with van der Waals surface area (Å²) in [6, 6.07) is 7.75. The Hall–Kier alpha value is -2.14. The molecule has 5 heteroatoms. The lowest BCUT2D eigenvalue weighted by Crippen LogP contribution is -2.21. The van der Waals surface area contributed by atoms with Gasteiger partial charge in [-0.15, -0.1) is 11.7 Å². The van der Waals surface area contributed by atoms with E-state index in [1.807, 2.05) is 24.3 Å². The highest BCUT2D eigenvalue weighted by atomic mass is 16.5. The van der Waals surface area contributed by atoms with Gasteiger partial charge in [-0.3, -0.25) is 0 Å². The lowest BCUT2D eigenvalue weighted by Gasteiger charge is -2.01. The van der Waals surface area contributed by atoms with Crippen LogP contribution in [0.15, 0.2) is 47.1 Å². The minimum absolute atomic E-state index is 0.0595. The molecular weight excluding hydrogens is 216 g/mol. The topological polar surface area (TPSA) is 86.0 Å². The molecule has 0 spiro atoms. The average Bonchev–Trinajstić information content (AvgIpc) is 2.31. The second-order valence-corrected chi connectivity index (χ2v) is 3.31. The molecule has 90 valence electrons. The van der Waals surface area contributed by atoms with E-state index in [2.05, 4.69) is 16.8 Å². The molecule has 0 heterocycles. The first-order chi connectivity index (χ1) is 8.22. The van der Waals surface area contributed by atoms with E-state index in [1.54, 1.807) is 12.3 Å². The van der Waals surface area contributed by atoms with Crippen LogP contribution in [0.25, 0.3) is 0 Å². The number of hydrogen-bond acceptors (Lipinski definition) is 3. The number of benzene rings is 1. The first-order valence-corrected chi connectivity index (χ1v) is 5.12. The molecule has 0 unspecified atom stereocenters. The molecule has 1 aromatic carbocycles. The molecule has 0 aliphatic carbocycles. The smallest absolute Gasteiger partial charge is 0.211 e. The third-order valence-electron chi connectivity index (χ3n) is 1.86. The molecule has 0 aromatic heterocycles. The van der Waals surface area contributed by atoms with Gasteiger partial charge in [-0.05, 0) is 11.1 Å². The van der Waals surface area contributed by atoms with Gasteiger partial charge in [-0.1, -0.05) is 30.3 Å². The molecule has 1 rings (SSSR count). The van der Waals surface area contributed by atoms with Crippen molar-refractivity contribution in [2.45, 2.75) is 6.61 Å². The first-order valence-electron chi connectivity index (χ1n) is 5.12. The predicted octanol–water partition coefficient (Wildman–Crippen LogP) is 0.996. The van der Waals surface area contributed by atoms with Crippen LogP contribution in [0.2, 0.25) is 0 Å². The van der Waals surface area contributed by atoms with Gasteiger partial charge in [-0.2, -0.15) is 5.10 Å². The van der Waals surface area contributed by atoms with Crippen molar-refractivity contribution in [3.8, 4) is 0 Å². The minimum atomic E-state index is -0.0595. The third kappa shape index (κ3) is 5.48. The van der Waals surface area contributed by atoms with Crippen molar-refractivity contribution in [3.63, 3.8) is 0 Å². The highest BCUT2D eigenvalue weighted by molar-refractivity contribution is 5.81. The molecule has 0 fully saturated rings. The van der Waals surface area contributed by atoms with Crippen molar-refractivity contribution in [1.29, 1.82) is 0 Å². The van der Waals surface area contributed by atoms with Crippen molar-refractivity contribution in [3.05, 3.63) is 48.0 Å². The van der Waals surface area contributed by atoms with Crippen LogP contribution in [0.5, 0.6) is 0 Å². The van der Waals surface area contributed by atoms with E-state index >= 15 is 0 Å². The molecule has 17 heavy (non-hydrogen) atoms. The standard InChI is InChI=1S/C12H16N4O/c1-2-7-17-9-11-5-3-10(4-6-11)8-15-16-12(13)14/h2-6,8H,1,7,9H2,(H4,13,14,16). The van der Waals surface area contributed by atoms with Gasteiger partial charge in [0.1, 0.15) is 0 Å². The van der Waals surface area contributed by atoms with Gasteiger partial charge in [0.2, 0.25) is 5.96 Å². The molecule has 1 aromatic rings. The van der Waals surface area contributed by atoms with E-state index in [4.69, 9.17) is 16.2 Å². The van der Waals surface area contributed by atoms with Crippen molar-refractivity contribution in [2.75, 3.05) is 6.61 Å². The van der Waals surface area contributed by atoms with Crippen LogP contribution in [0, 0.1) is 0 Å². The molecule has 0 amide bonds. The zero-order valence-corrected chi connectivity index (χ0v) is 9.54. The van der Waals surface area contributed by atoms with Crippen molar-refractivity contribution >= 4 is 12.2 Å². The molecular formula is C12H16N4O. The van der Waals surface area contributed by atoms with E-state index in [-0.39, 0.29) is 5.96 Å². The predicted molar refractivity (Wildman–Crippen MR) is 69.7 cm³/mol. The Morgan fingerprint density at radius 1 is 1.29 bits per heavy atom. The number of hydrogen-bond donors (Lipinski definition) is 2. The number of nitrogens with two attached hydrogens (primary N) is 2. The maximum absolute atomic E-state index is 5.31. The van der Waals surface area contributed by atoms with Gasteiger partial charge in [0.25, 0.3) is 0 Å². The first kappa shape index (κ1) is 12.9. The number of guanidine groups is 1. The maximum Gasteiger partial charge on any atom is 0.211 e. The highest BCUT2D eigenvalue weighted by Crippen LogP contribution is 2.04. The van der Waals surface area contributed by atoms with Gasteiger partial charge < -0.3 is 16.2 Å². The van der Waals surface area contributed by atoms with Gasteiger partial charge in [-0.25, -0.2) is 0 Å². The van der Waals surface area contributed by atoms with Crippen molar-refractivity contribution < 1.29 is 4.74 Å². The molecule has 0 aliphatic heterocycles. The summed E-state index contributed by atoms with van der Waals surface area (Å²) < 4.78 is 5.31. The van der Waals surface area contributed by atoms with Crippen molar-refractivity contribution in [2.24, 2.45) is 21.7 Å². The van der Waals surface area contributed by atoms with E-state index < -0.39 is 0 Å². The Kier molecular flexibility index (Phi) is 5.46. The van der Waals surface area contributed by atoms with Crippen LogP contribution in [0.1, 0.15) is 11.1 Å². The molecule has 5 nitrogen and oxygen atoms in total. The number of rotatable bonds is 6. The Balaban J connectivity index is 2.52. The molecule has 0 bridgehead atoms. The van der Waals surface area contributed by atoms with Crippen LogP contribution in [-0.4, -0.2) is 18.8 Å². The van der Waals surface area contributed by atoms with Gasteiger partial charge in [0, 0.05) is 0 Å². The summed E-state index contributed by atoms with van der Waals surface area (Å²) in [4.78, 5) is 0. The monoisotopic (exact) mass is 232 g/mol. The van der Waals surface area contributed by atoms with E-state index in [9.17, 15) is 0 Å². The summed E-state index contributed by atoms with van der Waals surface area (Å²) in [5.41, 5.74) is 12.3. The van der Waals surface area contributed by atoms with Crippen LogP contribution < -0.4 is 11.5 Å². The summed E-state index contributed by atoms with van der Waals surface area (Å²) in [7, 11) is 0. The van der Waals surface area contributed by atoms with Crippen LogP contribution in [-0.2, 0) is 11.3 Å². The van der Waals surface area contributed by atoms with Gasteiger partial charge in [0.05, 0.1) is 19.4 Å². The Bertz CT molecular complexity index is 405. The highest BCUT2D eigenvalue weighted by Gasteiger charge is 1.92. The van der Waals surface area contributed by atoms with E-state index in [0.29, 0.717) is 13.2 Å². The maximum atomic E-state index is 5.31. The zero-order chi connectivity index (χ0) is 12.5. The molecule has 0 radical (unpaired) electrons. The Morgan fingerprint density at radius 3 is 2.59 bits per heavy atom. The fourth-order valence-electron chi connectivity index (χ4n) is 1.12. The lowest BCUT2D eigenvalue weighted by molar-refractivity contribution is 0.149. The summed E-state index contributed by atoms with van der Waals surface area (Å²) in [5.74, 6) is -0.0595. The largest absolute Gasteiger partial charge is 0.373 e. The quantitative estimate of drug-likeness (QED) is 0.252. The normalized spacial score (nSPS) is 10.4. The fourth-order valence-corrected chi connectivity index (χ4v) is 1.12. The molecule has 0 saturated carbocycles. The van der Waals surface area contributed by atoms with Gasteiger partial charge >= 0.3 is 0 Å². The molecule has 4 N–H and O–H groups in total. The van der Waals surface area contributed by atoms with Crippen LogP contribution in [0.3, 0.4) is 0 Å². The summed E-state index contributed by atoms with van der Waals surface area (Å²) in [6.07, 6.45) is 3.30. The van der Waals surface area contributed by atoms with Gasteiger partial charge in [0.15, 0.2) is 0 Å². The SMILES string of the molecule is C=CCOCc1ccc(C=NN=C(N)N)cc1. The second kappa shape index (κ2) is 7.19. The second-order valence-electron chi connectivity index (χ2n) is 3.31. The number of nitrogens with zero attached hydrogens (tertiary/aromatic N) is 2. The summed E-state index contributed by atoms with van der Waals surface area (Å²) in [6.45, 7) is 4.69. The zero-order valence-electron chi connectivity index (χ0n) is 9.54. The fraction of sp³-hybridized carbons (Fsp3) is 0.167. The van der Waals surface area contributed by atoms with Crippen LogP contribution >= 0.6 is 0 Å². The Morgan fingerprint density at radius 2 is 2.00 bits per heavy atom. The molecule has 0 saturated heterocycles. The van der Waals surface area contributed by atoms with Crippen molar-refractivity contribution in [1.82, 2.24) is 0 Å². The Labute approximate surface area is 100 Å². The molecule has 0 aliphatic rings. The lowest BCUT2D eigenvalue weighted by atomic mass is 10.1. The average molecular weight is 232 g/mol.